The maximum Gasteiger partial charge on any atom is 0.126 e. The van der Waals surface area contributed by atoms with Crippen LogP contribution >= 0.6 is 0 Å². The number of fused-ring (bicyclic) bond motifs is 1. The summed E-state index contributed by atoms with van der Waals surface area (Å²) in [6.07, 6.45) is 2.20. The SMILES string of the molecule is COc1cc(CNC2Cc3ccccc3C2)c(OC)c(C)c1C. The Labute approximate surface area is 138 Å². The van der Waals surface area contributed by atoms with Crippen LogP contribution in [0.4, 0.5) is 0 Å². The van der Waals surface area contributed by atoms with Crippen molar-refractivity contribution in [2.75, 3.05) is 14.2 Å². The van der Waals surface area contributed by atoms with Gasteiger partial charge in [-0.15, -0.1) is 0 Å². The van der Waals surface area contributed by atoms with Crippen LogP contribution in [0.15, 0.2) is 30.3 Å². The molecule has 2 aromatic rings. The summed E-state index contributed by atoms with van der Waals surface area (Å²) in [5, 5.41) is 3.68. The number of methoxy groups -OCH3 is 2. The maximum atomic E-state index is 5.64. The first-order valence-corrected chi connectivity index (χ1v) is 8.15. The van der Waals surface area contributed by atoms with Gasteiger partial charge in [-0.3, -0.25) is 0 Å². The highest BCUT2D eigenvalue weighted by molar-refractivity contribution is 5.52. The van der Waals surface area contributed by atoms with Gasteiger partial charge < -0.3 is 14.8 Å². The van der Waals surface area contributed by atoms with Gasteiger partial charge in [0.25, 0.3) is 0 Å². The fourth-order valence-electron chi connectivity index (χ4n) is 3.51. The molecular formula is C20H25NO2. The Morgan fingerprint density at radius 2 is 1.65 bits per heavy atom. The summed E-state index contributed by atoms with van der Waals surface area (Å²) in [7, 11) is 3.46. The third-order valence-electron chi connectivity index (χ3n) is 4.93. The second-order valence-corrected chi connectivity index (χ2v) is 6.28. The van der Waals surface area contributed by atoms with Crippen molar-refractivity contribution in [1.82, 2.24) is 5.32 Å². The molecule has 3 heteroatoms. The average molecular weight is 311 g/mol. The number of nitrogens with one attached hydrogen (secondary N) is 1. The molecule has 3 rings (SSSR count). The van der Waals surface area contributed by atoms with Crippen LogP contribution in [0.25, 0.3) is 0 Å². The van der Waals surface area contributed by atoms with Gasteiger partial charge >= 0.3 is 0 Å². The lowest BCUT2D eigenvalue weighted by molar-refractivity contribution is 0.390. The van der Waals surface area contributed by atoms with Crippen LogP contribution in [0.2, 0.25) is 0 Å². The summed E-state index contributed by atoms with van der Waals surface area (Å²) in [5.74, 6) is 1.89. The van der Waals surface area contributed by atoms with E-state index in [0.717, 1.165) is 47.6 Å². The molecule has 0 unspecified atom stereocenters. The van der Waals surface area contributed by atoms with Crippen LogP contribution in [0.5, 0.6) is 11.5 Å². The first kappa shape index (κ1) is 15.9. The molecule has 0 saturated heterocycles. The predicted octanol–water partition coefficient (Wildman–Crippen LogP) is 3.58. The molecule has 0 amide bonds. The van der Waals surface area contributed by atoms with Crippen molar-refractivity contribution >= 4 is 0 Å². The Kier molecular flexibility index (Phi) is 4.58. The van der Waals surface area contributed by atoms with Gasteiger partial charge in [-0.2, -0.15) is 0 Å². The molecule has 0 bridgehead atoms. The molecule has 0 heterocycles. The average Bonchev–Trinajstić information content (AvgIpc) is 2.98. The molecule has 0 saturated carbocycles. The number of hydrogen-bond acceptors (Lipinski definition) is 3. The summed E-state index contributed by atoms with van der Waals surface area (Å²) in [6, 6.07) is 11.3. The van der Waals surface area contributed by atoms with Crippen molar-refractivity contribution in [1.29, 1.82) is 0 Å². The minimum atomic E-state index is 0.490. The quantitative estimate of drug-likeness (QED) is 0.915. The Morgan fingerprint density at radius 3 is 2.22 bits per heavy atom. The second-order valence-electron chi connectivity index (χ2n) is 6.28. The highest BCUT2D eigenvalue weighted by Gasteiger charge is 2.21. The van der Waals surface area contributed by atoms with E-state index in [2.05, 4.69) is 49.5 Å². The first-order valence-electron chi connectivity index (χ1n) is 8.15. The maximum absolute atomic E-state index is 5.64. The molecule has 0 atom stereocenters. The number of hydrogen-bond donors (Lipinski definition) is 1. The van der Waals surface area contributed by atoms with E-state index in [0.29, 0.717) is 6.04 Å². The van der Waals surface area contributed by atoms with E-state index in [4.69, 9.17) is 9.47 Å². The van der Waals surface area contributed by atoms with Crippen LogP contribution in [-0.2, 0) is 19.4 Å². The summed E-state index contributed by atoms with van der Waals surface area (Å²) in [6.45, 7) is 4.95. The molecule has 1 N–H and O–H groups in total. The summed E-state index contributed by atoms with van der Waals surface area (Å²) < 4.78 is 11.1. The fraction of sp³-hybridized carbons (Fsp3) is 0.400. The lowest BCUT2D eigenvalue weighted by atomic mass is 10.0. The molecule has 1 aliphatic carbocycles. The van der Waals surface area contributed by atoms with E-state index < -0.39 is 0 Å². The fourth-order valence-corrected chi connectivity index (χ4v) is 3.51. The van der Waals surface area contributed by atoms with Gasteiger partial charge in [0, 0.05) is 18.2 Å². The zero-order valence-corrected chi connectivity index (χ0v) is 14.4. The molecule has 122 valence electrons. The molecule has 0 aliphatic heterocycles. The number of ether oxygens (including phenoxy) is 2. The molecule has 0 fully saturated rings. The molecule has 1 aliphatic rings. The van der Waals surface area contributed by atoms with Crippen LogP contribution in [0.3, 0.4) is 0 Å². The van der Waals surface area contributed by atoms with Gasteiger partial charge in [0.2, 0.25) is 0 Å². The standard InChI is InChI=1S/C20H25NO2/c1-13-14(2)20(23-4)17(11-19(13)22-3)12-21-18-9-15-7-5-6-8-16(15)10-18/h5-8,11,18,21H,9-10,12H2,1-4H3. The zero-order valence-electron chi connectivity index (χ0n) is 14.4. The van der Waals surface area contributed by atoms with E-state index in [1.165, 1.54) is 11.1 Å². The molecule has 0 aromatic heterocycles. The highest BCUT2D eigenvalue weighted by Crippen LogP contribution is 2.33. The van der Waals surface area contributed by atoms with Crippen LogP contribution < -0.4 is 14.8 Å². The lowest BCUT2D eigenvalue weighted by Gasteiger charge is -2.19. The van der Waals surface area contributed by atoms with Gasteiger partial charge in [-0.05, 0) is 55.0 Å². The van der Waals surface area contributed by atoms with Crippen molar-refractivity contribution in [3.63, 3.8) is 0 Å². The van der Waals surface area contributed by atoms with E-state index in [1.54, 1.807) is 14.2 Å². The third-order valence-corrected chi connectivity index (χ3v) is 4.93. The summed E-state index contributed by atoms with van der Waals surface area (Å²) in [5.41, 5.74) is 6.38. The van der Waals surface area contributed by atoms with Crippen molar-refractivity contribution in [2.45, 2.75) is 39.3 Å². The topological polar surface area (TPSA) is 30.5 Å². The van der Waals surface area contributed by atoms with Gasteiger partial charge in [0.1, 0.15) is 11.5 Å². The van der Waals surface area contributed by atoms with Gasteiger partial charge in [-0.25, -0.2) is 0 Å². The highest BCUT2D eigenvalue weighted by atomic mass is 16.5. The van der Waals surface area contributed by atoms with Crippen LogP contribution in [0, 0.1) is 13.8 Å². The van der Waals surface area contributed by atoms with Crippen LogP contribution in [-0.4, -0.2) is 20.3 Å². The Bertz CT molecular complexity index is 684. The molecule has 0 radical (unpaired) electrons. The summed E-state index contributed by atoms with van der Waals surface area (Å²) >= 11 is 0. The third kappa shape index (κ3) is 3.06. The minimum Gasteiger partial charge on any atom is -0.496 e. The monoisotopic (exact) mass is 311 g/mol. The smallest absolute Gasteiger partial charge is 0.126 e. The first-order chi connectivity index (χ1) is 11.1. The normalized spacial score (nSPS) is 13.9. The van der Waals surface area contributed by atoms with Gasteiger partial charge in [-0.1, -0.05) is 24.3 Å². The zero-order chi connectivity index (χ0) is 16.4. The van der Waals surface area contributed by atoms with E-state index >= 15 is 0 Å². The Balaban J connectivity index is 1.75. The van der Waals surface area contributed by atoms with Crippen LogP contribution in [0.1, 0.15) is 27.8 Å². The molecule has 0 spiro atoms. The van der Waals surface area contributed by atoms with E-state index in [9.17, 15) is 0 Å². The Morgan fingerprint density at radius 1 is 1.00 bits per heavy atom. The molecule has 2 aromatic carbocycles. The van der Waals surface area contributed by atoms with Crippen molar-refractivity contribution in [2.24, 2.45) is 0 Å². The van der Waals surface area contributed by atoms with Gasteiger partial charge in [0.05, 0.1) is 14.2 Å². The number of benzene rings is 2. The predicted molar refractivity (Wildman–Crippen MR) is 93.5 cm³/mol. The minimum absolute atomic E-state index is 0.490. The van der Waals surface area contributed by atoms with E-state index in [-0.39, 0.29) is 0 Å². The summed E-state index contributed by atoms with van der Waals surface area (Å²) in [4.78, 5) is 0. The lowest BCUT2D eigenvalue weighted by Crippen LogP contribution is -2.29. The molecular weight excluding hydrogens is 286 g/mol. The molecule has 3 nitrogen and oxygen atoms in total. The second kappa shape index (κ2) is 6.63. The Hall–Kier alpha value is -2.00. The van der Waals surface area contributed by atoms with Gasteiger partial charge in [0.15, 0.2) is 0 Å². The number of rotatable bonds is 5. The van der Waals surface area contributed by atoms with E-state index in [1.807, 2.05) is 0 Å². The van der Waals surface area contributed by atoms with Crippen molar-refractivity contribution in [3.05, 3.63) is 58.1 Å². The van der Waals surface area contributed by atoms with Crippen molar-refractivity contribution < 1.29 is 9.47 Å². The van der Waals surface area contributed by atoms with Crippen molar-refractivity contribution in [3.8, 4) is 11.5 Å². The molecule has 23 heavy (non-hydrogen) atoms. The largest absolute Gasteiger partial charge is 0.496 e.